The number of benzene rings is 1. The van der Waals surface area contributed by atoms with E-state index in [4.69, 9.17) is 4.74 Å². The van der Waals surface area contributed by atoms with Crippen LogP contribution in [-0.4, -0.2) is 47.3 Å². The number of ether oxygens (including phenoxy) is 1. The van der Waals surface area contributed by atoms with E-state index in [0.717, 1.165) is 31.0 Å². The molecule has 1 aromatic heterocycles. The highest BCUT2D eigenvalue weighted by molar-refractivity contribution is 7.09. The lowest BCUT2D eigenvalue weighted by Crippen LogP contribution is -2.41. The maximum Gasteiger partial charge on any atom is 0.119 e. The van der Waals surface area contributed by atoms with Crippen LogP contribution >= 0.6 is 11.3 Å². The number of para-hydroxylation sites is 1. The molecule has 0 radical (unpaired) electrons. The fourth-order valence-electron chi connectivity index (χ4n) is 3.04. The number of rotatable bonds is 6. The Bertz CT molecular complexity index is 602. The monoisotopic (exact) mass is 332 g/mol. The van der Waals surface area contributed by atoms with Crippen LogP contribution in [0.25, 0.3) is 0 Å². The average Bonchev–Trinajstić information content (AvgIpc) is 3.01. The molecule has 2 atom stereocenters. The van der Waals surface area contributed by atoms with Gasteiger partial charge in [-0.1, -0.05) is 18.2 Å². The van der Waals surface area contributed by atoms with Gasteiger partial charge < -0.3 is 9.84 Å². The number of aliphatic hydroxyl groups is 1. The van der Waals surface area contributed by atoms with Gasteiger partial charge in [0.05, 0.1) is 5.01 Å². The molecule has 1 fully saturated rings. The molecule has 2 heterocycles. The van der Waals surface area contributed by atoms with Crippen LogP contribution in [0.15, 0.2) is 35.7 Å². The van der Waals surface area contributed by atoms with E-state index in [-0.39, 0.29) is 0 Å². The maximum absolute atomic E-state index is 10.2. The number of aryl methyl sites for hydroxylation is 1. The number of piperidine rings is 1. The standard InChI is InChI=1S/C18H24N2O2S/c1-14-13-23-18(19-14)15-6-5-9-20(10-15)11-16(21)12-22-17-7-3-2-4-8-17/h2-4,7-8,13,15-16,21H,5-6,9-12H2,1H3/t15-,16-/m0/s1. The molecule has 1 saturated heterocycles. The SMILES string of the molecule is Cc1csc([C@H]2CCCN(C[C@H](O)COc3ccccc3)C2)n1. The summed E-state index contributed by atoms with van der Waals surface area (Å²) in [5.41, 5.74) is 1.11. The Morgan fingerprint density at radius 1 is 1.39 bits per heavy atom. The van der Waals surface area contributed by atoms with Crippen molar-refractivity contribution in [1.29, 1.82) is 0 Å². The lowest BCUT2D eigenvalue weighted by atomic mass is 9.98. The van der Waals surface area contributed by atoms with E-state index in [0.29, 0.717) is 19.1 Å². The van der Waals surface area contributed by atoms with Gasteiger partial charge in [-0.2, -0.15) is 0 Å². The third-order valence-corrected chi connectivity index (χ3v) is 5.27. The van der Waals surface area contributed by atoms with Crippen LogP contribution in [0, 0.1) is 6.92 Å². The van der Waals surface area contributed by atoms with Crippen LogP contribution in [-0.2, 0) is 0 Å². The van der Waals surface area contributed by atoms with Gasteiger partial charge in [-0.05, 0) is 38.4 Å². The zero-order valence-corrected chi connectivity index (χ0v) is 14.3. The zero-order chi connectivity index (χ0) is 16.1. The van der Waals surface area contributed by atoms with Crippen LogP contribution in [0.2, 0.25) is 0 Å². The molecular weight excluding hydrogens is 308 g/mol. The molecule has 1 N–H and O–H groups in total. The van der Waals surface area contributed by atoms with E-state index in [1.165, 1.54) is 11.4 Å². The summed E-state index contributed by atoms with van der Waals surface area (Å²) in [4.78, 5) is 6.97. The van der Waals surface area contributed by atoms with Crippen LogP contribution < -0.4 is 4.74 Å². The molecule has 1 aromatic carbocycles. The summed E-state index contributed by atoms with van der Waals surface area (Å²) in [5, 5.41) is 13.6. The quantitative estimate of drug-likeness (QED) is 0.883. The fourth-order valence-corrected chi connectivity index (χ4v) is 3.97. The van der Waals surface area contributed by atoms with Gasteiger partial charge in [-0.15, -0.1) is 11.3 Å². The number of thiazole rings is 1. The number of hydrogen-bond donors (Lipinski definition) is 1. The molecule has 0 spiro atoms. The second-order valence-electron chi connectivity index (χ2n) is 6.20. The summed E-state index contributed by atoms with van der Waals surface area (Å²) < 4.78 is 5.64. The van der Waals surface area contributed by atoms with Crippen LogP contribution in [0.3, 0.4) is 0 Å². The van der Waals surface area contributed by atoms with Crippen LogP contribution in [0.5, 0.6) is 5.75 Å². The second kappa shape index (κ2) is 7.90. The highest BCUT2D eigenvalue weighted by atomic mass is 32.1. The molecule has 124 valence electrons. The molecule has 2 aromatic rings. The summed E-state index contributed by atoms with van der Waals surface area (Å²) in [5.74, 6) is 1.31. The smallest absolute Gasteiger partial charge is 0.119 e. The van der Waals surface area contributed by atoms with Gasteiger partial charge in [0.1, 0.15) is 18.5 Å². The van der Waals surface area contributed by atoms with Crippen molar-refractivity contribution in [2.24, 2.45) is 0 Å². The van der Waals surface area contributed by atoms with Crippen molar-refractivity contribution in [2.45, 2.75) is 31.8 Å². The number of aliphatic hydroxyl groups excluding tert-OH is 1. The normalized spacial score (nSPS) is 20.3. The van der Waals surface area contributed by atoms with E-state index in [2.05, 4.69) is 15.3 Å². The molecule has 4 nitrogen and oxygen atoms in total. The Labute approximate surface area is 141 Å². The Balaban J connectivity index is 1.47. The second-order valence-corrected chi connectivity index (χ2v) is 7.09. The number of likely N-dealkylation sites (tertiary alicyclic amines) is 1. The third-order valence-electron chi connectivity index (χ3n) is 4.15. The average molecular weight is 332 g/mol. The molecule has 1 aliphatic rings. The summed E-state index contributed by atoms with van der Waals surface area (Å²) in [6, 6.07) is 9.65. The summed E-state index contributed by atoms with van der Waals surface area (Å²) in [7, 11) is 0. The molecule has 5 heteroatoms. The predicted octanol–water partition coefficient (Wildman–Crippen LogP) is 3.07. The van der Waals surface area contributed by atoms with Gasteiger partial charge in [0.15, 0.2) is 0 Å². The minimum Gasteiger partial charge on any atom is -0.491 e. The lowest BCUT2D eigenvalue weighted by molar-refractivity contribution is 0.0583. The van der Waals surface area contributed by atoms with Gasteiger partial charge in [0, 0.05) is 30.1 Å². The van der Waals surface area contributed by atoms with E-state index >= 15 is 0 Å². The first-order valence-corrected chi connectivity index (χ1v) is 9.09. The van der Waals surface area contributed by atoms with Gasteiger partial charge >= 0.3 is 0 Å². The molecule has 0 aliphatic carbocycles. The molecule has 3 rings (SSSR count). The Hall–Kier alpha value is -1.43. The van der Waals surface area contributed by atoms with Crippen LogP contribution in [0.4, 0.5) is 0 Å². The van der Waals surface area contributed by atoms with Crippen molar-refractivity contribution < 1.29 is 9.84 Å². The molecule has 0 saturated carbocycles. The van der Waals surface area contributed by atoms with Crippen molar-refractivity contribution >= 4 is 11.3 Å². The summed E-state index contributed by atoms with van der Waals surface area (Å²) in [6.07, 6.45) is 1.89. The highest BCUT2D eigenvalue weighted by Gasteiger charge is 2.24. The Morgan fingerprint density at radius 3 is 2.96 bits per heavy atom. The Kier molecular flexibility index (Phi) is 5.65. The zero-order valence-electron chi connectivity index (χ0n) is 13.5. The minimum absolute atomic E-state index is 0.335. The van der Waals surface area contributed by atoms with Gasteiger partial charge in [0.25, 0.3) is 0 Å². The molecule has 0 unspecified atom stereocenters. The first-order valence-electron chi connectivity index (χ1n) is 8.21. The van der Waals surface area contributed by atoms with Crippen molar-refractivity contribution in [3.05, 3.63) is 46.4 Å². The first-order chi connectivity index (χ1) is 11.2. The fraction of sp³-hybridized carbons (Fsp3) is 0.500. The number of hydrogen-bond acceptors (Lipinski definition) is 5. The van der Waals surface area contributed by atoms with E-state index < -0.39 is 6.10 Å². The molecule has 0 amide bonds. The molecule has 0 bridgehead atoms. The van der Waals surface area contributed by atoms with E-state index in [9.17, 15) is 5.11 Å². The summed E-state index contributed by atoms with van der Waals surface area (Å²) >= 11 is 1.76. The third kappa shape index (κ3) is 4.77. The van der Waals surface area contributed by atoms with Crippen molar-refractivity contribution in [2.75, 3.05) is 26.2 Å². The van der Waals surface area contributed by atoms with Gasteiger partial charge in [-0.3, -0.25) is 4.90 Å². The summed E-state index contributed by atoms with van der Waals surface area (Å²) in [6.45, 7) is 5.07. The molecular formula is C18H24N2O2S. The first kappa shape index (κ1) is 16.4. The van der Waals surface area contributed by atoms with Crippen LogP contribution in [0.1, 0.15) is 29.5 Å². The Morgan fingerprint density at radius 2 is 2.22 bits per heavy atom. The highest BCUT2D eigenvalue weighted by Crippen LogP contribution is 2.29. The maximum atomic E-state index is 10.2. The molecule has 1 aliphatic heterocycles. The number of nitrogens with zero attached hydrogens (tertiary/aromatic N) is 2. The predicted molar refractivity (Wildman–Crippen MR) is 93.2 cm³/mol. The molecule has 23 heavy (non-hydrogen) atoms. The minimum atomic E-state index is -0.466. The number of aromatic nitrogens is 1. The van der Waals surface area contributed by atoms with E-state index in [1.54, 1.807) is 11.3 Å². The van der Waals surface area contributed by atoms with E-state index in [1.807, 2.05) is 37.3 Å². The largest absolute Gasteiger partial charge is 0.491 e. The topological polar surface area (TPSA) is 45.6 Å². The lowest BCUT2D eigenvalue weighted by Gasteiger charge is -2.33. The van der Waals surface area contributed by atoms with Gasteiger partial charge in [-0.25, -0.2) is 4.98 Å². The van der Waals surface area contributed by atoms with Gasteiger partial charge in [0.2, 0.25) is 0 Å². The van der Waals surface area contributed by atoms with Crippen molar-refractivity contribution in [1.82, 2.24) is 9.88 Å². The van der Waals surface area contributed by atoms with Crippen molar-refractivity contribution in [3.8, 4) is 5.75 Å². The number of β-amino-alcohol motifs (C(OH)–C–C–N with tert-alkyl or cyclic N) is 1. The van der Waals surface area contributed by atoms with Crippen molar-refractivity contribution in [3.63, 3.8) is 0 Å².